The molecule has 0 aliphatic carbocycles. The number of likely N-dealkylation sites (tertiary alicyclic amines) is 1. The molecule has 1 amide bonds. The molecule has 0 bridgehead atoms. The summed E-state index contributed by atoms with van der Waals surface area (Å²) in [5.74, 6) is -1.38. The van der Waals surface area contributed by atoms with Gasteiger partial charge in [-0.3, -0.25) is 9.59 Å². The third-order valence-corrected chi connectivity index (χ3v) is 4.24. The molecule has 0 aromatic carbocycles. The number of piperidine rings is 1. The zero-order chi connectivity index (χ0) is 15.2. The first-order chi connectivity index (χ1) is 10.1. The molecule has 21 heavy (non-hydrogen) atoms. The number of ether oxygens (including phenoxy) is 2. The van der Waals surface area contributed by atoms with Crippen LogP contribution in [0.2, 0.25) is 0 Å². The third kappa shape index (κ3) is 4.68. The molecule has 0 aromatic rings. The second-order valence-electron chi connectivity index (χ2n) is 5.93. The van der Waals surface area contributed by atoms with Gasteiger partial charge in [-0.15, -0.1) is 0 Å². The predicted molar refractivity (Wildman–Crippen MR) is 75.9 cm³/mol. The van der Waals surface area contributed by atoms with Crippen LogP contribution in [0.25, 0.3) is 0 Å². The Morgan fingerprint density at radius 2 is 2.14 bits per heavy atom. The number of nitrogens with zero attached hydrogens (tertiary/aromatic N) is 1. The molecule has 0 unspecified atom stereocenters. The number of carbonyl (C=O) groups excluding carboxylic acids is 1. The summed E-state index contributed by atoms with van der Waals surface area (Å²) in [6.07, 6.45) is 4.14. The van der Waals surface area contributed by atoms with Crippen LogP contribution in [0.3, 0.4) is 0 Å². The van der Waals surface area contributed by atoms with Crippen LogP contribution in [0.5, 0.6) is 0 Å². The number of carboxylic acid groups (broad SMARTS) is 1. The lowest BCUT2D eigenvalue weighted by Gasteiger charge is -2.33. The van der Waals surface area contributed by atoms with Crippen LogP contribution in [0.4, 0.5) is 0 Å². The Morgan fingerprint density at radius 3 is 2.81 bits per heavy atom. The monoisotopic (exact) mass is 299 g/mol. The molecule has 0 saturated carbocycles. The minimum atomic E-state index is -0.823. The summed E-state index contributed by atoms with van der Waals surface area (Å²) in [4.78, 5) is 25.0. The first-order valence-electron chi connectivity index (χ1n) is 7.82. The maximum absolute atomic E-state index is 12.3. The van der Waals surface area contributed by atoms with Crippen LogP contribution in [-0.2, 0) is 19.1 Å². The summed E-state index contributed by atoms with van der Waals surface area (Å²) in [7, 11) is 0. The van der Waals surface area contributed by atoms with Gasteiger partial charge < -0.3 is 19.5 Å². The number of hydrogen-bond donors (Lipinski definition) is 1. The molecule has 2 fully saturated rings. The Bertz CT molecular complexity index is 367. The highest BCUT2D eigenvalue weighted by atomic mass is 16.5. The first-order valence-corrected chi connectivity index (χ1v) is 7.82. The Kier molecular flexibility index (Phi) is 5.99. The van der Waals surface area contributed by atoms with E-state index >= 15 is 0 Å². The maximum Gasteiger partial charge on any atom is 0.308 e. The van der Waals surface area contributed by atoms with Crippen LogP contribution in [0, 0.1) is 5.92 Å². The van der Waals surface area contributed by atoms with Crippen molar-refractivity contribution < 1.29 is 24.2 Å². The van der Waals surface area contributed by atoms with Crippen LogP contribution in [0.1, 0.15) is 39.0 Å². The van der Waals surface area contributed by atoms with Gasteiger partial charge in [0.15, 0.2) is 0 Å². The lowest BCUT2D eigenvalue weighted by atomic mass is 9.98. The summed E-state index contributed by atoms with van der Waals surface area (Å²) in [5.41, 5.74) is 0. The minimum absolute atomic E-state index is 0.0853. The fourth-order valence-corrected chi connectivity index (χ4v) is 2.90. The first kappa shape index (κ1) is 16.2. The normalized spacial score (nSPS) is 28.1. The van der Waals surface area contributed by atoms with E-state index in [0.717, 1.165) is 32.3 Å². The molecule has 2 heterocycles. The molecule has 3 atom stereocenters. The fourth-order valence-electron chi connectivity index (χ4n) is 2.90. The molecule has 2 aliphatic heterocycles. The van der Waals surface area contributed by atoms with E-state index in [9.17, 15) is 9.59 Å². The fraction of sp³-hybridized carbons (Fsp3) is 0.867. The second-order valence-corrected chi connectivity index (χ2v) is 5.93. The van der Waals surface area contributed by atoms with Crippen molar-refractivity contribution in [2.24, 2.45) is 5.92 Å². The molecule has 2 aliphatic rings. The number of amides is 1. The van der Waals surface area contributed by atoms with Gasteiger partial charge in [0.05, 0.1) is 18.6 Å². The van der Waals surface area contributed by atoms with E-state index in [4.69, 9.17) is 14.6 Å². The standard InChI is InChI=1S/C15H25NO5/c1-11(21-10-13-6-2-3-8-20-13)14(17)16-7-4-5-12(9-16)15(18)19/h11-13H,2-10H2,1H3,(H,18,19)/t11-,12+,13+/m0/s1. The number of rotatable bonds is 5. The van der Waals surface area contributed by atoms with Crippen LogP contribution in [-0.4, -0.2) is 60.4 Å². The van der Waals surface area contributed by atoms with Crippen molar-refractivity contribution in [3.05, 3.63) is 0 Å². The van der Waals surface area contributed by atoms with Crippen molar-refractivity contribution in [3.8, 4) is 0 Å². The summed E-state index contributed by atoms with van der Waals surface area (Å²) in [6.45, 7) is 3.85. The van der Waals surface area contributed by atoms with Crippen molar-refractivity contribution in [1.82, 2.24) is 4.90 Å². The van der Waals surface area contributed by atoms with Gasteiger partial charge in [0, 0.05) is 19.7 Å². The van der Waals surface area contributed by atoms with Gasteiger partial charge in [-0.1, -0.05) is 0 Å². The molecule has 6 nitrogen and oxygen atoms in total. The number of carboxylic acids is 1. The van der Waals surface area contributed by atoms with Gasteiger partial charge in [-0.25, -0.2) is 0 Å². The SMILES string of the molecule is C[C@H](OC[C@H]1CCCCO1)C(=O)N1CCC[C@@H](C(=O)O)C1. The predicted octanol–water partition coefficient (Wildman–Crippen LogP) is 1.28. The van der Waals surface area contributed by atoms with Gasteiger partial charge in [-0.2, -0.15) is 0 Å². The van der Waals surface area contributed by atoms with Crippen molar-refractivity contribution >= 4 is 11.9 Å². The van der Waals surface area contributed by atoms with Crippen molar-refractivity contribution in [1.29, 1.82) is 0 Å². The number of carbonyl (C=O) groups is 2. The summed E-state index contributed by atoms with van der Waals surface area (Å²) in [5, 5.41) is 9.06. The topological polar surface area (TPSA) is 76.1 Å². The summed E-state index contributed by atoms with van der Waals surface area (Å²) in [6, 6.07) is 0. The van der Waals surface area contributed by atoms with E-state index in [0.29, 0.717) is 26.1 Å². The van der Waals surface area contributed by atoms with Crippen molar-refractivity contribution in [2.75, 3.05) is 26.3 Å². The van der Waals surface area contributed by atoms with E-state index in [1.807, 2.05) is 0 Å². The average Bonchev–Trinajstić information content (AvgIpc) is 2.53. The van der Waals surface area contributed by atoms with Crippen molar-refractivity contribution in [3.63, 3.8) is 0 Å². The Morgan fingerprint density at radius 1 is 1.33 bits per heavy atom. The maximum atomic E-state index is 12.3. The van der Waals surface area contributed by atoms with Crippen molar-refractivity contribution in [2.45, 2.75) is 51.2 Å². The highest BCUT2D eigenvalue weighted by molar-refractivity contribution is 5.81. The molecule has 2 rings (SSSR count). The van der Waals surface area contributed by atoms with Gasteiger partial charge in [0.25, 0.3) is 5.91 Å². The number of hydrogen-bond acceptors (Lipinski definition) is 4. The van der Waals surface area contributed by atoms with Gasteiger partial charge in [0.2, 0.25) is 0 Å². The molecule has 120 valence electrons. The molecule has 6 heteroatoms. The summed E-state index contributed by atoms with van der Waals surface area (Å²) >= 11 is 0. The zero-order valence-corrected chi connectivity index (χ0v) is 12.6. The van der Waals surface area contributed by atoms with E-state index in [1.165, 1.54) is 0 Å². The summed E-state index contributed by atoms with van der Waals surface area (Å²) < 4.78 is 11.2. The van der Waals surface area contributed by atoms with E-state index in [1.54, 1.807) is 11.8 Å². The average molecular weight is 299 g/mol. The van der Waals surface area contributed by atoms with Gasteiger partial charge in [0.1, 0.15) is 6.10 Å². The zero-order valence-electron chi connectivity index (χ0n) is 12.6. The van der Waals surface area contributed by atoms with E-state index in [2.05, 4.69) is 0 Å². The number of aliphatic carboxylic acids is 1. The van der Waals surface area contributed by atoms with E-state index in [-0.39, 0.29) is 12.0 Å². The second kappa shape index (κ2) is 7.75. The Labute approximate surface area is 125 Å². The highest BCUT2D eigenvalue weighted by Gasteiger charge is 2.30. The molecule has 0 aromatic heterocycles. The molecule has 1 N–H and O–H groups in total. The van der Waals surface area contributed by atoms with Gasteiger partial charge >= 0.3 is 5.97 Å². The molecular formula is C15H25NO5. The highest BCUT2D eigenvalue weighted by Crippen LogP contribution is 2.18. The minimum Gasteiger partial charge on any atom is -0.481 e. The molecule has 0 spiro atoms. The smallest absolute Gasteiger partial charge is 0.308 e. The molecule has 2 saturated heterocycles. The largest absolute Gasteiger partial charge is 0.481 e. The lowest BCUT2D eigenvalue weighted by molar-refractivity contribution is -0.151. The lowest BCUT2D eigenvalue weighted by Crippen LogP contribution is -2.47. The Balaban J connectivity index is 1.76. The molecular weight excluding hydrogens is 274 g/mol. The third-order valence-electron chi connectivity index (χ3n) is 4.24. The van der Waals surface area contributed by atoms with Gasteiger partial charge in [-0.05, 0) is 39.0 Å². The quantitative estimate of drug-likeness (QED) is 0.827. The van der Waals surface area contributed by atoms with E-state index < -0.39 is 18.0 Å². The molecule has 0 radical (unpaired) electrons. The van der Waals surface area contributed by atoms with Crippen LogP contribution >= 0.6 is 0 Å². The van der Waals surface area contributed by atoms with Crippen LogP contribution in [0.15, 0.2) is 0 Å². The van der Waals surface area contributed by atoms with Crippen LogP contribution < -0.4 is 0 Å². The Hall–Kier alpha value is -1.14.